The lowest BCUT2D eigenvalue weighted by Gasteiger charge is -2.14. The van der Waals surface area contributed by atoms with Gasteiger partial charge in [-0.05, 0) is 6.42 Å². The molecule has 41 heavy (non-hydrogen) atoms. The molecular weight excluding hydrogens is 544 g/mol. The first-order valence-corrected chi connectivity index (χ1v) is 13.4. The Hall–Kier alpha value is -4.37. The molecule has 2 rings (SSSR count). The Balaban J connectivity index is 0.00000411. The second-order valence-electron chi connectivity index (χ2n) is 9.12. The second-order valence-corrected chi connectivity index (χ2v) is 9.12. The van der Waals surface area contributed by atoms with Crippen molar-refractivity contribution in [2.75, 3.05) is 32.7 Å². The van der Waals surface area contributed by atoms with Gasteiger partial charge in [-0.2, -0.15) is 0 Å². The molecule has 0 aromatic rings. The smallest absolute Gasteiger partial charge is 0.334 e. The van der Waals surface area contributed by atoms with Crippen LogP contribution in [0.5, 0.6) is 0 Å². The van der Waals surface area contributed by atoms with E-state index in [0.717, 1.165) is 4.90 Å². The number of hydroxylamine groups is 2. The van der Waals surface area contributed by atoms with Crippen LogP contribution >= 0.6 is 0 Å². The molecule has 2 fully saturated rings. The second kappa shape index (κ2) is 17.3. The molecule has 0 radical (unpaired) electrons. The van der Waals surface area contributed by atoms with Crippen molar-refractivity contribution in [3.05, 3.63) is 0 Å². The van der Waals surface area contributed by atoms with Gasteiger partial charge in [0.15, 0.2) is 0 Å². The molecule has 8 amide bonds. The molecule has 2 aliphatic heterocycles. The molecule has 2 atom stereocenters. The van der Waals surface area contributed by atoms with Crippen LogP contribution in [0.25, 0.3) is 0 Å². The SMILES string of the molecule is CC.CC1CC(=O)N(CCCC(=O)NCC(=O)NCC(=O)NCC(=O)NCCC(=O)ON2C(=O)CC(C)C2=O)C1=O. The highest BCUT2D eigenvalue weighted by molar-refractivity contribution is 6.03. The predicted molar refractivity (Wildman–Crippen MR) is 139 cm³/mol. The molecular formula is C25H38N6O10. The van der Waals surface area contributed by atoms with Gasteiger partial charge in [0.2, 0.25) is 35.4 Å². The molecule has 4 N–H and O–H groups in total. The zero-order valence-electron chi connectivity index (χ0n) is 23.7. The minimum atomic E-state index is -0.892. The third kappa shape index (κ3) is 11.7. The Morgan fingerprint density at radius 3 is 1.68 bits per heavy atom. The molecule has 2 heterocycles. The Labute approximate surface area is 237 Å². The van der Waals surface area contributed by atoms with Crippen molar-refractivity contribution in [2.45, 2.75) is 59.8 Å². The van der Waals surface area contributed by atoms with Crippen molar-refractivity contribution in [1.29, 1.82) is 0 Å². The van der Waals surface area contributed by atoms with Gasteiger partial charge in [0.05, 0.1) is 26.1 Å². The summed E-state index contributed by atoms with van der Waals surface area (Å²) in [5.74, 6) is -6.02. The normalized spacial score (nSPS) is 18.0. The molecule has 16 nitrogen and oxygen atoms in total. The largest absolute Gasteiger partial charge is 0.354 e. The number of nitrogens with zero attached hydrogens (tertiary/aromatic N) is 2. The molecule has 16 heteroatoms. The Morgan fingerprint density at radius 1 is 0.707 bits per heavy atom. The topological polar surface area (TPSA) is 217 Å². The molecule has 228 valence electrons. The van der Waals surface area contributed by atoms with Gasteiger partial charge in [-0.25, -0.2) is 4.79 Å². The first-order chi connectivity index (χ1) is 19.4. The first-order valence-electron chi connectivity index (χ1n) is 13.4. The van der Waals surface area contributed by atoms with E-state index in [1.165, 1.54) is 6.92 Å². The first kappa shape index (κ1) is 34.7. The quantitative estimate of drug-likeness (QED) is 0.163. The fourth-order valence-electron chi connectivity index (χ4n) is 3.60. The maximum Gasteiger partial charge on any atom is 0.334 e. The van der Waals surface area contributed by atoms with Crippen LogP contribution in [0.15, 0.2) is 0 Å². The highest BCUT2D eigenvalue weighted by atomic mass is 16.7. The van der Waals surface area contributed by atoms with E-state index in [-0.39, 0.29) is 62.9 Å². The molecule has 0 saturated carbocycles. The van der Waals surface area contributed by atoms with Gasteiger partial charge in [-0.3, -0.25) is 43.3 Å². The van der Waals surface area contributed by atoms with Gasteiger partial charge in [-0.1, -0.05) is 27.7 Å². The minimum absolute atomic E-state index is 0.000248. The van der Waals surface area contributed by atoms with Crippen LogP contribution < -0.4 is 21.3 Å². The Kier molecular flexibility index (Phi) is 14.7. The lowest BCUT2D eigenvalue weighted by atomic mass is 10.1. The van der Waals surface area contributed by atoms with Crippen LogP contribution in [0.1, 0.15) is 59.8 Å². The standard InChI is InChI=1S/C23H32N6O10.C2H6/c1-13-8-19(34)28(22(13)37)7-3-4-15(30)25-11-17(32)27-12-18(33)26-10-16(31)24-6-5-21(36)39-29-20(35)9-14(2)23(29)38;1-2/h13-14H,3-12H2,1-2H3,(H,24,31)(H,25,30)(H,26,33)(H,27,32);1-2H3. The predicted octanol–water partition coefficient (Wildman–Crippen LogP) is -2.10. The zero-order chi connectivity index (χ0) is 31.1. The van der Waals surface area contributed by atoms with E-state index >= 15 is 0 Å². The number of nitrogens with one attached hydrogen (secondary N) is 4. The van der Waals surface area contributed by atoms with E-state index in [0.29, 0.717) is 5.06 Å². The van der Waals surface area contributed by atoms with Crippen LogP contribution in [0.2, 0.25) is 0 Å². The van der Waals surface area contributed by atoms with Crippen molar-refractivity contribution < 1.29 is 48.0 Å². The van der Waals surface area contributed by atoms with Crippen molar-refractivity contribution in [3.63, 3.8) is 0 Å². The molecule has 0 bridgehead atoms. The van der Waals surface area contributed by atoms with Gasteiger partial charge in [0, 0.05) is 44.2 Å². The van der Waals surface area contributed by atoms with E-state index in [2.05, 4.69) is 21.3 Å². The molecule has 2 unspecified atom stereocenters. The molecule has 0 spiro atoms. The maximum absolute atomic E-state index is 11.9. The van der Waals surface area contributed by atoms with Gasteiger partial charge in [0.1, 0.15) is 0 Å². The monoisotopic (exact) mass is 582 g/mol. The molecule has 0 aliphatic carbocycles. The average molecular weight is 583 g/mol. The van der Waals surface area contributed by atoms with Crippen LogP contribution in [-0.2, 0) is 48.0 Å². The fraction of sp³-hybridized carbons (Fsp3) is 0.640. The number of carbonyl (C=O) groups is 9. The van der Waals surface area contributed by atoms with E-state index in [1.807, 2.05) is 13.8 Å². The van der Waals surface area contributed by atoms with Crippen molar-refractivity contribution in [3.8, 4) is 0 Å². The van der Waals surface area contributed by atoms with Crippen molar-refractivity contribution in [1.82, 2.24) is 31.2 Å². The highest BCUT2D eigenvalue weighted by Gasteiger charge is 2.39. The Bertz CT molecular complexity index is 1050. The number of hydrogen-bond acceptors (Lipinski definition) is 10. The number of amides is 8. The maximum atomic E-state index is 11.9. The third-order valence-corrected chi connectivity index (χ3v) is 5.77. The summed E-state index contributed by atoms with van der Waals surface area (Å²) < 4.78 is 0. The van der Waals surface area contributed by atoms with Crippen LogP contribution in [0.3, 0.4) is 0 Å². The van der Waals surface area contributed by atoms with E-state index < -0.39 is 67.0 Å². The van der Waals surface area contributed by atoms with Crippen molar-refractivity contribution in [2.24, 2.45) is 11.8 Å². The summed E-state index contributed by atoms with van der Waals surface area (Å²) in [5.41, 5.74) is 0. The van der Waals surface area contributed by atoms with Crippen molar-refractivity contribution >= 4 is 53.2 Å². The molecule has 2 saturated heterocycles. The van der Waals surface area contributed by atoms with E-state index in [9.17, 15) is 43.2 Å². The Morgan fingerprint density at radius 2 is 1.20 bits per heavy atom. The van der Waals surface area contributed by atoms with Gasteiger partial charge in [-0.15, -0.1) is 5.06 Å². The highest BCUT2D eigenvalue weighted by Crippen LogP contribution is 2.20. The lowest BCUT2D eigenvalue weighted by Crippen LogP contribution is -2.44. The average Bonchev–Trinajstić information content (AvgIpc) is 3.32. The summed E-state index contributed by atoms with van der Waals surface area (Å²) in [6, 6.07) is 0. The van der Waals surface area contributed by atoms with Crippen LogP contribution in [0.4, 0.5) is 0 Å². The van der Waals surface area contributed by atoms with Gasteiger partial charge in [0.25, 0.3) is 11.8 Å². The number of carbonyl (C=O) groups excluding carboxylic acids is 9. The summed E-state index contributed by atoms with van der Waals surface area (Å²) in [6.07, 6.45) is 0.0391. The summed E-state index contributed by atoms with van der Waals surface area (Å²) in [4.78, 5) is 112. The number of rotatable bonds is 14. The molecule has 2 aliphatic rings. The lowest BCUT2D eigenvalue weighted by molar-refractivity contribution is -0.198. The van der Waals surface area contributed by atoms with Crippen LogP contribution in [0, 0.1) is 11.8 Å². The summed E-state index contributed by atoms with van der Waals surface area (Å²) in [5, 5.41) is 9.64. The van der Waals surface area contributed by atoms with E-state index in [1.54, 1.807) is 6.92 Å². The molecule has 0 aromatic heterocycles. The zero-order valence-corrected chi connectivity index (χ0v) is 23.7. The summed E-state index contributed by atoms with van der Waals surface area (Å²) in [6.45, 7) is 5.86. The van der Waals surface area contributed by atoms with Crippen LogP contribution in [-0.4, -0.2) is 95.9 Å². The number of likely N-dealkylation sites (tertiary alicyclic amines) is 1. The minimum Gasteiger partial charge on any atom is -0.354 e. The third-order valence-electron chi connectivity index (χ3n) is 5.77. The van der Waals surface area contributed by atoms with E-state index in [4.69, 9.17) is 4.84 Å². The fourth-order valence-corrected chi connectivity index (χ4v) is 3.60. The summed E-state index contributed by atoms with van der Waals surface area (Å²) in [7, 11) is 0. The number of hydrogen-bond donors (Lipinski definition) is 4. The van der Waals surface area contributed by atoms with Gasteiger partial charge < -0.3 is 26.1 Å². The summed E-state index contributed by atoms with van der Waals surface area (Å²) >= 11 is 0. The van der Waals surface area contributed by atoms with Gasteiger partial charge >= 0.3 is 5.97 Å². The molecule has 0 aromatic carbocycles. The number of imide groups is 2.